The van der Waals surface area contributed by atoms with E-state index in [-0.39, 0.29) is 5.92 Å². The quantitative estimate of drug-likeness (QED) is 0.457. The number of halogens is 3. The number of rotatable bonds is 3. The maximum Gasteiger partial charge on any atom is 0.416 e. The van der Waals surface area contributed by atoms with E-state index >= 15 is 0 Å². The summed E-state index contributed by atoms with van der Waals surface area (Å²) in [6.45, 7) is 0. The molecular formula is C20H18F3N5. The molecule has 0 bridgehead atoms. The van der Waals surface area contributed by atoms with Gasteiger partial charge in [0.15, 0.2) is 5.82 Å². The van der Waals surface area contributed by atoms with Gasteiger partial charge in [-0.2, -0.15) is 23.4 Å². The first-order valence-corrected chi connectivity index (χ1v) is 8.79. The second kappa shape index (κ2) is 7.03. The van der Waals surface area contributed by atoms with Crippen LogP contribution in [0.3, 0.4) is 0 Å². The molecule has 1 aliphatic rings. The number of hydrazone groups is 1. The number of anilines is 2. The van der Waals surface area contributed by atoms with Crippen molar-refractivity contribution in [3.8, 4) is 0 Å². The number of aromatic nitrogens is 2. The van der Waals surface area contributed by atoms with Crippen molar-refractivity contribution >= 4 is 17.2 Å². The minimum Gasteiger partial charge on any atom is -0.338 e. The van der Waals surface area contributed by atoms with Gasteiger partial charge in [0.2, 0.25) is 0 Å². The highest BCUT2D eigenvalue weighted by atomic mass is 19.4. The molecule has 0 amide bonds. The van der Waals surface area contributed by atoms with Gasteiger partial charge in [0, 0.05) is 11.4 Å². The molecule has 5 nitrogen and oxygen atoms in total. The Morgan fingerprint density at radius 1 is 1.07 bits per heavy atom. The predicted molar refractivity (Wildman–Crippen MR) is 102 cm³/mol. The largest absolute Gasteiger partial charge is 0.416 e. The van der Waals surface area contributed by atoms with E-state index in [1.165, 1.54) is 11.6 Å². The van der Waals surface area contributed by atoms with Crippen LogP contribution in [-0.4, -0.2) is 15.9 Å². The van der Waals surface area contributed by atoms with Crippen LogP contribution in [0, 0.1) is 0 Å². The molecule has 1 aliphatic carbocycles. The van der Waals surface area contributed by atoms with Crippen LogP contribution in [0.5, 0.6) is 0 Å². The van der Waals surface area contributed by atoms with E-state index in [0.29, 0.717) is 23.6 Å². The molecule has 0 unspecified atom stereocenters. The van der Waals surface area contributed by atoms with E-state index in [1.807, 2.05) is 18.2 Å². The minimum atomic E-state index is -4.41. The molecule has 0 saturated carbocycles. The van der Waals surface area contributed by atoms with E-state index in [4.69, 9.17) is 5.84 Å². The molecule has 3 aromatic rings. The highest BCUT2D eigenvalue weighted by molar-refractivity contribution is 6.07. The molecule has 4 rings (SSSR count). The van der Waals surface area contributed by atoms with E-state index in [2.05, 4.69) is 32.7 Å². The number of hydrogen-bond donors (Lipinski definition) is 3. The zero-order chi connectivity index (χ0) is 19.7. The molecule has 0 spiro atoms. The van der Waals surface area contributed by atoms with Crippen molar-refractivity contribution in [2.24, 2.45) is 10.9 Å². The number of H-pyrrole nitrogens is 1. The number of alkyl halides is 3. The van der Waals surface area contributed by atoms with Crippen LogP contribution in [0.1, 0.15) is 34.7 Å². The number of benzene rings is 2. The highest BCUT2D eigenvalue weighted by Crippen LogP contribution is 2.36. The van der Waals surface area contributed by atoms with Crippen LogP contribution >= 0.6 is 0 Å². The molecule has 1 aromatic heterocycles. The zero-order valence-corrected chi connectivity index (χ0v) is 14.8. The molecule has 0 radical (unpaired) electrons. The van der Waals surface area contributed by atoms with Gasteiger partial charge in [-0.3, -0.25) is 5.10 Å². The molecule has 1 heterocycles. The smallest absolute Gasteiger partial charge is 0.338 e. The average Bonchev–Trinajstić information content (AvgIpc) is 3.10. The van der Waals surface area contributed by atoms with E-state index < -0.39 is 11.7 Å². The summed E-state index contributed by atoms with van der Waals surface area (Å²) in [7, 11) is 0. The van der Waals surface area contributed by atoms with Gasteiger partial charge in [-0.05, 0) is 42.5 Å². The number of nitrogens with one attached hydrogen (secondary N) is 2. The van der Waals surface area contributed by atoms with Crippen LogP contribution in [-0.2, 0) is 12.6 Å². The normalized spacial score (nSPS) is 18.1. The molecule has 4 N–H and O–H groups in total. The lowest BCUT2D eigenvalue weighted by Gasteiger charge is -2.23. The molecule has 1 atom stereocenters. The zero-order valence-electron chi connectivity index (χ0n) is 14.8. The summed E-state index contributed by atoms with van der Waals surface area (Å²) in [4.78, 5) is 0. The third-order valence-electron chi connectivity index (χ3n) is 4.90. The summed E-state index contributed by atoms with van der Waals surface area (Å²) in [5.41, 5.74) is 3.00. The molecule has 144 valence electrons. The predicted octanol–water partition coefficient (Wildman–Crippen LogP) is 4.56. The third kappa shape index (κ3) is 3.45. The molecular weight excluding hydrogens is 367 g/mol. The van der Waals surface area contributed by atoms with Crippen LogP contribution < -0.4 is 11.2 Å². The second-order valence-electron chi connectivity index (χ2n) is 6.72. The lowest BCUT2D eigenvalue weighted by molar-refractivity contribution is -0.137. The fourth-order valence-electron chi connectivity index (χ4n) is 3.57. The molecule has 0 fully saturated rings. The number of aromatic amines is 1. The first kappa shape index (κ1) is 18.1. The van der Waals surface area contributed by atoms with Gasteiger partial charge < -0.3 is 11.2 Å². The number of nitrogens with zero attached hydrogens (tertiary/aromatic N) is 2. The highest BCUT2D eigenvalue weighted by Gasteiger charge is 2.32. The van der Waals surface area contributed by atoms with E-state index in [9.17, 15) is 13.2 Å². The lowest BCUT2D eigenvalue weighted by Crippen LogP contribution is -2.20. The lowest BCUT2D eigenvalue weighted by atomic mass is 9.82. The molecule has 0 saturated heterocycles. The van der Waals surface area contributed by atoms with Crippen LogP contribution in [0.2, 0.25) is 0 Å². The van der Waals surface area contributed by atoms with Crippen LogP contribution in [0.15, 0.2) is 59.7 Å². The fraction of sp³-hybridized carbons (Fsp3) is 0.200. The van der Waals surface area contributed by atoms with Crippen molar-refractivity contribution in [1.29, 1.82) is 0 Å². The maximum absolute atomic E-state index is 13.0. The monoisotopic (exact) mass is 385 g/mol. The first-order valence-electron chi connectivity index (χ1n) is 8.79. The van der Waals surface area contributed by atoms with Crippen molar-refractivity contribution < 1.29 is 13.2 Å². The molecule has 28 heavy (non-hydrogen) atoms. The van der Waals surface area contributed by atoms with Crippen molar-refractivity contribution in [2.45, 2.75) is 24.9 Å². The second-order valence-corrected chi connectivity index (χ2v) is 6.72. The average molecular weight is 385 g/mol. The Balaban J connectivity index is 1.64. The first-order chi connectivity index (χ1) is 13.5. The van der Waals surface area contributed by atoms with Crippen molar-refractivity contribution in [3.05, 3.63) is 77.0 Å². The summed E-state index contributed by atoms with van der Waals surface area (Å²) < 4.78 is 38.9. The third-order valence-corrected chi connectivity index (χ3v) is 4.90. The molecule has 8 heteroatoms. The Morgan fingerprint density at radius 2 is 1.86 bits per heavy atom. The standard InChI is InChI=1S/C20H18F3N5/c21-20(22,23)14-7-4-8-15(11-14)25-19-18-16(26-24)9-13(10-17(18)27-28-19)12-5-2-1-3-6-12/h1-8,11,13H,9-10,24H2,(H2,25,27,28)/b26-16-/t13-/m1/s1. The van der Waals surface area contributed by atoms with Crippen molar-refractivity contribution in [2.75, 3.05) is 5.32 Å². The summed E-state index contributed by atoms with van der Waals surface area (Å²) in [5.74, 6) is 6.26. The summed E-state index contributed by atoms with van der Waals surface area (Å²) >= 11 is 0. The van der Waals surface area contributed by atoms with Crippen molar-refractivity contribution in [1.82, 2.24) is 10.2 Å². The van der Waals surface area contributed by atoms with Crippen LogP contribution in [0.25, 0.3) is 0 Å². The van der Waals surface area contributed by atoms with Gasteiger partial charge in [-0.1, -0.05) is 36.4 Å². The Morgan fingerprint density at radius 3 is 2.57 bits per heavy atom. The molecule has 0 aliphatic heterocycles. The Kier molecular flexibility index (Phi) is 4.54. The van der Waals surface area contributed by atoms with Gasteiger partial charge in [-0.15, -0.1) is 0 Å². The Bertz CT molecular complexity index is 1010. The van der Waals surface area contributed by atoms with Gasteiger partial charge in [-0.25, -0.2) is 0 Å². The van der Waals surface area contributed by atoms with Gasteiger partial charge >= 0.3 is 6.18 Å². The summed E-state index contributed by atoms with van der Waals surface area (Å²) in [6, 6.07) is 15.0. The van der Waals surface area contributed by atoms with Crippen LogP contribution in [0.4, 0.5) is 24.7 Å². The van der Waals surface area contributed by atoms with E-state index in [1.54, 1.807) is 6.07 Å². The van der Waals surface area contributed by atoms with Gasteiger partial charge in [0.25, 0.3) is 0 Å². The summed E-state index contributed by atoms with van der Waals surface area (Å²) in [6.07, 6.45) is -3.06. The number of hydrogen-bond acceptors (Lipinski definition) is 4. The minimum absolute atomic E-state index is 0.206. The summed E-state index contributed by atoms with van der Waals surface area (Å²) in [5, 5.41) is 14.1. The Labute approximate surface area is 159 Å². The Hall–Kier alpha value is -3.29. The topological polar surface area (TPSA) is 79.1 Å². The van der Waals surface area contributed by atoms with Gasteiger partial charge in [0.1, 0.15) is 0 Å². The molecule has 2 aromatic carbocycles. The van der Waals surface area contributed by atoms with E-state index in [0.717, 1.165) is 29.8 Å². The van der Waals surface area contributed by atoms with Crippen molar-refractivity contribution in [3.63, 3.8) is 0 Å². The maximum atomic E-state index is 13.0. The SMILES string of the molecule is N/N=C1/C[C@@H](c2ccccc2)Cc2[nH]nc(Nc3cccc(C(F)(F)F)c3)c21. The number of nitrogens with two attached hydrogens (primary N) is 1. The number of fused-ring (bicyclic) bond motifs is 1. The fourth-order valence-corrected chi connectivity index (χ4v) is 3.57. The van der Waals surface area contributed by atoms with Gasteiger partial charge in [0.05, 0.1) is 16.8 Å².